The number of hydrogen-bond donors (Lipinski definition) is 3. The summed E-state index contributed by atoms with van der Waals surface area (Å²) >= 11 is 1.36. The lowest BCUT2D eigenvalue weighted by Gasteiger charge is -2.07. The fraction of sp³-hybridized carbons (Fsp3) is 0.0833. The maximum Gasteiger partial charge on any atom is 0.275 e. The molecule has 0 bridgehead atoms. The molecule has 0 fully saturated rings. The van der Waals surface area contributed by atoms with Gasteiger partial charge in [0, 0.05) is 11.1 Å². The van der Waals surface area contributed by atoms with Crippen molar-refractivity contribution in [1.29, 1.82) is 0 Å². The van der Waals surface area contributed by atoms with Gasteiger partial charge in [0.1, 0.15) is 18.1 Å². The standard InChI is InChI=1S/C12H12N4O3S/c13-11(16-18)5-19-9-3-1-8(2-4-9)15-12(17)10-6-20-7-14-10/h1-4,6-7,18H,5H2,(H2,13,16)(H,15,17). The average molecular weight is 292 g/mol. The van der Waals surface area contributed by atoms with E-state index in [1.54, 1.807) is 35.2 Å². The molecule has 0 saturated heterocycles. The van der Waals surface area contributed by atoms with Crippen LogP contribution in [0.2, 0.25) is 0 Å². The quantitative estimate of drug-likeness (QED) is 0.335. The fourth-order valence-corrected chi connectivity index (χ4v) is 1.87. The zero-order chi connectivity index (χ0) is 14.4. The van der Waals surface area contributed by atoms with Crippen LogP contribution in [0.15, 0.2) is 40.3 Å². The van der Waals surface area contributed by atoms with Crippen LogP contribution in [0.5, 0.6) is 5.75 Å². The van der Waals surface area contributed by atoms with Gasteiger partial charge in [-0.05, 0) is 24.3 Å². The number of aromatic nitrogens is 1. The van der Waals surface area contributed by atoms with E-state index in [1.165, 1.54) is 11.3 Å². The number of nitrogens with zero attached hydrogens (tertiary/aromatic N) is 2. The third kappa shape index (κ3) is 3.69. The summed E-state index contributed by atoms with van der Waals surface area (Å²) in [6.45, 7) is -0.0129. The van der Waals surface area contributed by atoms with E-state index in [0.717, 1.165) is 0 Å². The molecule has 1 aromatic carbocycles. The molecule has 104 valence electrons. The number of nitrogens with two attached hydrogens (primary N) is 1. The molecule has 0 unspecified atom stereocenters. The molecule has 1 aromatic heterocycles. The smallest absolute Gasteiger partial charge is 0.275 e. The van der Waals surface area contributed by atoms with E-state index < -0.39 is 0 Å². The molecule has 0 aliphatic rings. The number of anilines is 1. The Hall–Kier alpha value is -2.61. The van der Waals surface area contributed by atoms with Crippen molar-refractivity contribution in [2.45, 2.75) is 0 Å². The van der Waals surface area contributed by atoms with E-state index in [2.05, 4.69) is 15.5 Å². The van der Waals surface area contributed by atoms with Crippen LogP contribution in [-0.2, 0) is 0 Å². The van der Waals surface area contributed by atoms with E-state index in [-0.39, 0.29) is 18.3 Å². The van der Waals surface area contributed by atoms with Crippen LogP contribution in [0.25, 0.3) is 0 Å². The summed E-state index contributed by atoms with van der Waals surface area (Å²) in [5.74, 6) is 0.255. The highest BCUT2D eigenvalue weighted by Gasteiger charge is 2.07. The predicted molar refractivity (Wildman–Crippen MR) is 75.4 cm³/mol. The van der Waals surface area contributed by atoms with Gasteiger partial charge in [0.2, 0.25) is 0 Å². The zero-order valence-corrected chi connectivity index (χ0v) is 11.1. The Bertz CT molecular complexity index is 596. The first-order valence-electron chi connectivity index (χ1n) is 5.58. The number of carbonyl (C=O) groups is 1. The van der Waals surface area contributed by atoms with Crippen LogP contribution in [0.1, 0.15) is 10.5 Å². The summed E-state index contributed by atoms with van der Waals surface area (Å²) in [5, 5.41) is 15.6. The van der Waals surface area contributed by atoms with Crippen LogP contribution < -0.4 is 15.8 Å². The molecular formula is C12H12N4O3S. The molecule has 1 heterocycles. The molecule has 0 radical (unpaired) electrons. The first-order valence-corrected chi connectivity index (χ1v) is 6.52. The van der Waals surface area contributed by atoms with Crippen LogP contribution in [0, 0.1) is 0 Å². The molecule has 2 aromatic rings. The number of nitrogens with one attached hydrogen (secondary N) is 1. The lowest BCUT2D eigenvalue weighted by Crippen LogP contribution is -2.20. The van der Waals surface area contributed by atoms with Gasteiger partial charge in [-0.3, -0.25) is 4.79 Å². The van der Waals surface area contributed by atoms with Crippen molar-refractivity contribution < 1.29 is 14.7 Å². The fourth-order valence-electron chi connectivity index (χ4n) is 1.34. The van der Waals surface area contributed by atoms with Gasteiger partial charge in [-0.2, -0.15) is 0 Å². The summed E-state index contributed by atoms with van der Waals surface area (Å²) in [6.07, 6.45) is 0. The Labute approximate surface area is 118 Å². The van der Waals surface area contributed by atoms with Gasteiger partial charge in [-0.1, -0.05) is 5.16 Å². The third-order valence-electron chi connectivity index (χ3n) is 2.29. The van der Waals surface area contributed by atoms with E-state index in [0.29, 0.717) is 17.1 Å². The first kappa shape index (κ1) is 13.8. The zero-order valence-electron chi connectivity index (χ0n) is 10.3. The van der Waals surface area contributed by atoms with Gasteiger partial charge in [0.05, 0.1) is 5.51 Å². The van der Waals surface area contributed by atoms with Crippen molar-refractivity contribution in [3.05, 3.63) is 40.8 Å². The number of carbonyl (C=O) groups excluding carboxylic acids is 1. The highest BCUT2D eigenvalue weighted by molar-refractivity contribution is 7.07. The largest absolute Gasteiger partial charge is 0.486 e. The lowest BCUT2D eigenvalue weighted by atomic mass is 10.3. The topological polar surface area (TPSA) is 110 Å². The SMILES string of the molecule is NC(COc1ccc(NC(=O)c2cscn2)cc1)=NO. The van der Waals surface area contributed by atoms with Crippen molar-refractivity contribution >= 4 is 28.8 Å². The van der Waals surface area contributed by atoms with E-state index >= 15 is 0 Å². The maximum atomic E-state index is 11.8. The van der Waals surface area contributed by atoms with Gasteiger partial charge in [-0.25, -0.2) is 4.98 Å². The van der Waals surface area contributed by atoms with Crippen LogP contribution in [-0.4, -0.2) is 28.5 Å². The first-order chi connectivity index (χ1) is 9.69. The van der Waals surface area contributed by atoms with E-state index in [4.69, 9.17) is 15.7 Å². The monoisotopic (exact) mass is 292 g/mol. The number of hydrogen-bond acceptors (Lipinski definition) is 6. The molecule has 2 rings (SSSR count). The Kier molecular flexibility index (Phi) is 4.51. The number of ether oxygens (including phenoxy) is 1. The van der Waals surface area contributed by atoms with Gasteiger partial charge in [-0.15, -0.1) is 11.3 Å². The lowest BCUT2D eigenvalue weighted by molar-refractivity contribution is 0.102. The van der Waals surface area contributed by atoms with E-state index in [9.17, 15) is 4.79 Å². The average Bonchev–Trinajstić information content (AvgIpc) is 3.00. The van der Waals surface area contributed by atoms with Gasteiger partial charge in [0.15, 0.2) is 5.84 Å². The highest BCUT2D eigenvalue weighted by atomic mass is 32.1. The molecule has 0 spiro atoms. The number of amidine groups is 1. The summed E-state index contributed by atoms with van der Waals surface area (Å²) in [5.41, 5.74) is 7.88. The summed E-state index contributed by atoms with van der Waals surface area (Å²) < 4.78 is 5.25. The van der Waals surface area contributed by atoms with Crippen molar-refractivity contribution in [1.82, 2.24) is 4.98 Å². The van der Waals surface area contributed by atoms with Crippen LogP contribution in [0.3, 0.4) is 0 Å². The van der Waals surface area contributed by atoms with E-state index in [1.807, 2.05) is 0 Å². The summed E-state index contributed by atoms with van der Waals surface area (Å²) in [4.78, 5) is 15.7. The van der Waals surface area contributed by atoms with Crippen molar-refractivity contribution in [3.8, 4) is 5.75 Å². The minimum Gasteiger partial charge on any atom is -0.486 e. The second-order valence-corrected chi connectivity index (χ2v) is 4.45. The Morgan fingerprint density at radius 2 is 2.20 bits per heavy atom. The molecule has 4 N–H and O–H groups in total. The van der Waals surface area contributed by atoms with Gasteiger partial charge < -0.3 is 21.0 Å². The number of thiazole rings is 1. The van der Waals surface area contributed by atoms with Gasteiger partial charge in [0.25, 0.3) is 5.91 Å². The molecule has 0 atom stereocenters. The maximum absolute atomic E-state index is 11.8. The summed E-state index contributed by atoms with van der Waals surface area (Å²) in [7, 11) is 0. The molecular weight excluding hydrogens is 280 g/mol. The third-order valence-corrected chi connectivity index (χ3v) is 2.88. The van der Waals surface area contributed by atoms with Gasteiger partial charge >= 0.3 is 0 Å². The second kappa shape index (κ2) is 6.53. The Morgan fingerprint density at radius 3 is 2.80 bits per heavy atom. The van der Waals surface area contributed by atoms with Crippen LogP contribution >= 0.6 is 11.3 Å². The summed E-state index contributed by atoms with van der Waals surface area (Å²) in [6, 6.07) is 6.71. The van der Waals surface area contributed by atoms with Crippen molar-refractivity contribution in [2.24, 2.45) is 10.9 Å². The van der Waals surface area contributed by atoms with Crippen molar-refractivity contribution in [2.75, 3.05) is 11.9 Å². The molecule has 8 heteroatoms. The number of benzene rings is 1. The molecule has 20 heavy (non-hydrogen) atoms. The number of amides is 1. The molecule has 0 aliphatic carbocycles. The second-order valence-electron chi connectivity index (χ2n) is 3.73. The Balaban J connectivity index is 1.93. The highest BCUT2D eigenvalue weighted by Crippen LogP contribution is 2.16. The minimum atomic E-state index is -0.267. The molecule has 0 aliphatic heterocycles. The number of oxime groups is 1. The normalized spacial score (nSPS) is 11.1. The molecule has 1 amide bonds. The number of rotatable bonds is 5. The molecule has 7 nitrogen and oxygen atoms in total. The Morgan fingerprint density at radius 1 is 1.45 bits per heavy atom. The minimum absolute atomic E-state index is 0.0129. The predicted octanol–water partition coefficient (Wildman–Crippen LogP) is 1.52. The van der Waals surface area contributed by atoms with Crippen LogP contribution in [0.4, 0.5) is 5.69 Å². The molecule has 0 saturated carbocycles. The van der Waals surface area contributed by atoms with Crippen molar-refractivity contribution in [3.63, 3.8) is 0 Å².